The molecule has 0 spiro atoms. The summed E-state index contributed by atoms with van der Waals surface area (Å²) in [6, 6.07) is 1.90. The van der Waals surface area contributed by atoms with Crippen LogP contribution >= 0.6 is 11.3 Å². The molecule has 0 aromatic carbocycles. The minimum absolute atomic E-state index is 0.0927. The van der Waals surface area contributed by atoms with Gasteiger partial charge in [0.1, 0.15) is 0 Å². The van der Waals surface area contributed by atoms with Gasteiger partial charge in [0.05, 0.1) is 12.7 Å². The van der Waals surface area contributed by atoms with Crippen LogP contribution in [0.25, 0.3) is 0 Å². The van der Waals surface area contributed by atoms with Gasteiger partial charge in [0.2, 0.25) is 0 Å². The van der Waals surface area contributed by atoms with Gasteiger partial charge in [-0.1, -0.05) is 0 Å². The molecule has 0 saturated heterocycles. The average Bonchev–Trinajstić information content (AvgIpc) is 2.81. The number of thiophene rings is 1. The highest BCUT2D eigenvalue weighted by atomic mass is 32.1. The van der Waals surface area contributed by atoms with E-state index in [0.29, 0.717) is 5.56 Å². The Morgan fingerprint density at radius 2 is 2.40 bits per heavy atom. The molecular weight excluding hydrogens is 210 g/mol. The molecule has 1 aromatic rings. The van der Waals surface area contributed by atoms with Crippen molar-refractivity contribution in [1.29, 1.82) is 0 Å². The van der Waals surface area contributed by atoms with E-state index in [9.17, 15) is 4.79 Å². The molecule has 3 nitrogen and oxygen atoms in total. The minimum Gasteiger partial charge on any atom is -0.465 e. The van der Waals surface area contributed by atoms with E-state index in [0.717, 1.165) is 25.7 Å². The molecule has 4 heteroatoms. The van der Waals surface area contributed by atoms with Gasteiger partial charge in [0.15, 0.2) is 0 Å². The number of carbonyl (C=O) groups is 1. The van der Waals surface area contributed by atoms with Crippen molar-refractivity contribution in [3.05, 3.63) is 21.9 Å². The molecule has 1 aliphatic rings. The summed E-state index contributed by atoms with van der Waals surface area (Å²) in [5, 5.41) is 1.84. The van der Waals surface area contributed by atoms with E-state index in [1.54, 1.807) is 11.3 Å². The third kappa shape index (κ3) is 2.58. The molecule has 0 unspecified atom stereocenters. The highest BCUT2D eigenvalue weighted by Crippen LogP contribution is 2.37. The Kier molecular flexibility index (Phi) is 2.80. The largest absolute Gasteiger partial charge is 0.465 e. The predicted octanol–water partition coefficient (Wildman–Crippen LogP) is 1.96. The van der Waals surface area contributed by atoms with Crippen LogP contribution in [0.3, 0.4) is 0 Å². The van der Waals surface area contributed by atoms with Crippen molar-refractivity contribution in [3.8, 4) is 0 Å². The molecule has 0 bridgehead atoms. The standard InChI is InChI=1S/C11H15NO2S/c1-14-10(13)8-6-9(15-7-8)2-3-11(12)4-5-11/h6-7H,2-5,12H2,1H3. The van der Waals surface area contributed by atoms with E-state index < -0.39 is 0 Å². The number of aryl methyl sites for hydroxylation is 1. The molecule has 0 atom stereocenters. The molecule has 1 saturated carbocycles. The lowest BCUT2D eigenvalue weighted by Crippen LogP contribution is -2.21. The summed E-state index contributed by atoms with van der Waals surface area (Å²) in [7, 11) is 1.40. The number of rotatable bonds is 4. The number of nitrogens with two attached hydrogens (primary N) is 1. The molecule has 1 aliphatic carbocycles. The Bertz CT molecular complexity index is 368. The van der Waals surface area contributed by atoms with E-state index >= 15 is 0 Å². The predicted molar refractivity (Wildman–Crippen MR) is 60.1 cm³/mol. The van der Waals surface area contributed by atoms with Gasteiger partial charge >= 0.3 is 5.97 Å². The zero-order chi connectivity index (χ0) is 10.9. The molecule has 1 heterocycles. The zero-order valence-corrected chi connectivity index (χ0v) is 9.60. The topological polar surface area (TPSA) is 52.3 Å². The Morgan fingerprint density at radius 3 is 3.00 bits per heavy atom. The van der Waals surface area contributed by atoms with Crippen molar-refractivity contribution < 1.29 is 9.53 Å². The lowest BCUT2D eigenvalue weighted by molar-refractivity contribution is 0.0601. The first-order valence-corrected chi connectivity index (χ1v) is 5.95. The number of hydrogen-bond donors (Lipinski definition) is 1. The fourth-order valence-electron chi connectivity index (χ4n) is 1.52. The molecular formula is C11H15NO2S. The van der Waals surface area contributed by atoms with Gasteiger partial charge in [0.25, 0.3) is 0 Å². The van der Waals surface area contributed by atoms with Gasteiger partial charge in [-0.2, -0.15) is 0 Å². The molecule has 2 rings (SSSR count). The maximum absolute atomic E-state index is 11.2. The molecule has 15 heavy (non-hydrogen) atoms. The first-order chi connectivity index (χ1) is 7.13. The van der Waals surface area contributed by atoms with Crippen LogP contribution in [0.1, 0.15) is 34.5 Å². The Hall–Kier alpha value is -0.870. The van der Waals surface area contributed by atoms with Crippen LogP contribution in [0, 0.1) is 0 Å². The summed E-state index contributed by atoms with van der Waals surface area (Å²) in [5.74, 6) is -0.258. The van der Waals surface area contributed by atoms with Crippen LogP contribution in [0.5, 0.6) is 0 Å². The van der Waals surface area contributed by atoms with Crippen molar-refractivity contribution in [2.75, 3.05) is 7.11 Å². The Morgan fingerprint density at radius 1 is 1.67 bits per heavy atom. The summed E-state index contributed by atoms with van der Waals surface area (Å²) in [6.45, 7) is 0. The maximum atomic E-state index is 11.2. The van der Waals surface area contributed by atoms with Crippen LogP contribution in [-0.4, -0.2) is 18.6 Å². The van der Waals surface area contributed by atoms with Crippen molar-refractivity contribution in [2.24, 2.45) is 5.73 Å². The molecule has 82 valence electrons. The number of hydrogen-bond acceptors (Lipinski definition) is 4. The second kappa shape index (κ2) is 3.94. The van der Waals surface area contributed by atoms with Crippen LogP contribution in [0.15, 0.2) is 11.4 Å². The molecule has 1 aromatic heterocycles. The highest BCUT2D eigenvalue weighted by Gasteiger charge is 2.37. The summed E-state index contributed by atoms with van der Waals surface area (Å²) in [5.41, 5.74) is 6.75. The molecule has 1 fully saturated rings. The maximum Gasteiger partial charge on any atom is 0.338 e. The SMILES string of the molecule is COC(=O)c1csc(CCC2(N)CC2)c1. The van der Waals surface area contributed by atoms with E-state index in [-0.39, 0.29) is 11.5 Å². The second-order valence-electron chi connectivity index (χ2n) is 4.16. The van der Waals surface area contributed by atoms with Crippen LogP contribution < -0.4 is 5.73 Å². The van der Waals surface area contributed by atoms with E-state index in [1.807, 2.05) is 11.4 Å². The molecule has 0 radical (unpaired) electrons. The van der Waals surface area contributed by atoms with E-state index in [4.69, 9.17) is 5.73 Å². The van der Waals surface area contributed by atoms with Gasteiger partial charge in [-0.15, -0.1) is 11.3 Å². The fourth-order valence-corrected chi connectivity index (χ4v) is 2.38. The monoisotopic (exact) mass is 225 g/mol. The van der Waals surface area contributed by atoms with Crippen molar-refractivity contribution in [1.82, 2.24) is 0 Å². The summed E-state index contributed by atoms with van der Waals surface area (Å²) >= 11 is 1.61. The number of esters is 1. The van der Waals surface area contributed by atoms with Crippen molar-refractivity contribution >= 4 is 17.3 Å². The Balaban J connectivity index is 1.92. The van der Waals surface area contributed by atoms with Gasteiger partial charge in [-0.3, -0.25) is 0 Å². The molecule has 2 N–H and O–H groups in total. The third-order valence-corrected chi connectivity index (χ3v) is 3.83. The minimum atomic E-state index is -0.258. The van der Waals surface area contributed by atoms with Gasteiger partial charge in [0, 0.05) is 15.8 Å². The smallest absolute Gasteiger partial charge is 0.338 e. The van der Waals surface area contributed by atoms with Crippen LogP contribution in [-0.2, 0) is 11.2 Å². The van der Waals surface area contributed by atoms with Crippen molar-refractivity contribution in [2.45, 2.75) is 31.2 Å². The lowest BCUT2D eigenvalue weighted by Gasteiger charge is -2.05. The normalized spacial score (nSPS) is 17.5. The average molecular weight is 225 g/mol. The summed E-state index contributed by atoms with van der Waals surface area (Å²) in [4.78, 5) is 12.4. The number of methoxy groups -OCH3 is 1. The molecule has 0 aliphatic heterocycles. The number of ether oxygens (including phenoxy) is 1. The van der Waals surface area contributed by atoms with Crippen molar-refractivity contribution in [3.63, 3.8) is 0 Å². The van der Waals surface area contributed by atoms with E-state index in [2.05, 4.69) is 4.74 Å². The number of carbonyl (C=O) groups excluding carboxylic acids is 1. The van der Waals surface area contributed by atoms with Gasteiger partial charge in [-0.25, -0.2) is 4.79 Å². The second-order valence-corrected chi connectivity index (χ2v) is 5.15. The van der Waals surface area contributed by atoms with Crippen LogP contribution in [0.2, 0.25) is 0 Å². The summed E-state index contributed by atoms with van der Waals surface area (Å²) < 4.78 is 4.65. The summed E-state index contributed by atoms with van der Waals surface area (Å²) in [6.07, 6.45) is 4.27. The molecule has 0 amide bonds. The first-order valence-electron chi connectivity index (χ1n) is 5.08. The van der Waals surface area contributed by atoms with Crippen LogP contribution in [0.4, 0.5) is 0 Å². The first kappa shape index (κ1) is 10.6. The zero-order valence-electron chi connectivity index (χ0n) is 8.79. The lowest BCUT2D eigenvalue weighted by atomic mass is 10.1. The Labute approximate surface area is 93.2 Å². The van der Waals surface area contributed by atoms with E-state index in [1.165, 1.54) is 12.0 Å². The quantitative estimate of drug-likeness (QED) is 0.797. The third-order valence-electron chi connectivity index (χ3n) is 2.84. The highest BCUT2D eigenvalue weighted by molar-refractivity contribution is 7.10. The van der Waals surface area contributed by atoms with Gasteiger partial charge in [-0.05, 0) is 31.7 Å². The van der Waals surface area contributed by atoms with Gasteiger partial charge < -0.3 is 10.5 Å². The fraction of sp³-hybridized carbons (Fsp3) is 0.545.